The lowest BCUT2D eigenvalue weighted by molar-refractivity contribution is -0.119. The summed E-state index contributed by atoms with van der Waals surface area (Å²) >= 11 is 2.92. The van der Waals surface area contributed by atoms with Gasteiger partial charge < -0.3 is 0 Å². The summed E-state index contributed by atoms with van der Waals surface area (Å²) in [6, 6.07) is 11.1. The van der Waals surface area contributed by atoms with Crippen LogP contribution in [-0.4, -0.2) is 25.7 Å². The molecule has 1 saturated carbocycles. The predicted molar refractivity (Wildman–Crippen MR) is 133 cm³/mol. The average molecular weight is 480 g/mol. The molecule has 7 nitrogen and oxygen atoms in total. The van der Waals surface area contributed by atoms with Crippen LogP contribution in [0.15, 0.2) is 47.5 Å². The van der Waals surface area contributed by atoms with Crippen molar-refractivity contribution in [3.05, 3.63) is 58.1 Å². The minimum atomic E-state index is -0.670. The van der Waals surface area contributed by atoms with Gasteiger partial charge in [-0.3, -0.25) is 19.5 Å². The number of hydrogen-bond acceptors (Lipinski definition) is 7. The quantitative estimate of drug-likeness (QED) is 0.388. The summed E-state index contributed by atoms with van der Waals surface area (Å²) in [4.78, 5) is 32.5. The van der Waals surface area contributed by atoms with Crippen molar-refractivity contribution in [3.63, 3.8) is 0 Å². The smallest absolute Gasteiger partial charge is 0.262 e. The van der Waals surface area contributed by atoms with Crippen molar-refractivity contribution in [3.8, 4) is 10.4 Å². The zero-order chi connectivity index (χ0) is 22.8. The summed E-state index contributed by atoms with van der Waals surface area (Å²) in [6.07, 6.45) is 7.93. The molecule has 170 valence electrons. The van der Waals surface area contributed by atoms with Crippen molar-refractivity contribution in [1.29, 1.82) is 0 Å². The van der Waals surface area contributed by atoms with E-state index in [-0.39, 0.29) is 11.5 Å². The largest absolute Gasteiger partial charge is 0.299 e. The van der Waals surface area contributed by atoms with Gasteiger partial charge in [0.15, 0.2) is 0 Å². The summed E-state index contributed by atoms with van der Waals surface area (Å²) < 4.78 is 1.43. The maximum absolute atomic E-state index is 13.3. The third kappa shape index (κ3) is 4.47. The van der Waals surface area contributed by atoms with Crippen molar-refractivity contribution in [2.24, 2.45) is 0 Å². The molecule has 1 atom stereocenters. The number of benzene rings is 1. The number of carbonyl (C=O) groups excluding carboxylic acids is 1. The van der Waals surface area contributed by atoms with Crippen LogP contribution in [0.5, 0.6) is 0 Å². The van der Waals surface area contributed by atoms with E-state index in [1.807, 2.05) is 43.3 Å². The van der Waals surface area contributed by atoms with Gasteiger partial charge >= 0.3 is 0 Å². The molecule has 1 unspecified atom stereocenters. The molecule has 0 aliphatic heterocycles. The highest BCUT2D eigenvalue weighted by atomic mass is 32.1. The molecule has 5 rings (SSSR count). The first-order chi connectivity index (χ1) is 16.1. The van der Waals surface area contributed by atoms with Crippen molar-refractivity contribution < 1.29 is 4.79 Å². The molecule has 1 N–H and O–H groups in total. The minimum Gasteiger partial charge on any atom is -0.299 e. The monoisotopic (exact) mass is 479 g/mol. The summed E-state index contributed by atoms with van der Waals surface area (Å²) in [5.74, 6) is 0.168. The van der Waals surface area contributed by atoms with E-state index in [9.17, 15) is 9.59 Å². The van der Waals surface area contributed by atoms with Gasteiger partial charge in [-0.2, -0.15) is 0 Å². The van der Waals surface area contributed by atoms with Crippen LogP contribution in [0.4, 0.5) is 5.13 Å². The van der Waals surface area contributed by atoms with E-state index in [2.05, 4.69) is 20.5 Å². The number of rotatable bonds is 6. The van der Waals surface area contributed by atoms with E-state index >= 15 is 0 Å². The first-order valence-electron chi connectivity index (χ1n) is 11.3. The van der Waals surface area contributed by atoms with Gasteiger partial charge in [0.1, 0.15) is 15.9 Å². The van der Waals surface area contributed by atoms with Gasteiger partial charge in [-0.25, -0.2) is 4.98 Å². The van der Waals surface area contributed by atoms with Crippen LogP contribution in [-0.2, 0) is 4.79 Å². The maximum Gasteiger partial charge on any atom is 0.262 e. The summed E-state index contributed by atoms with van der Waals surface area (Å²) in [7, 11) is 0. The zero-order valence-corrected chi connectivity index (χ0v) is 20.0. The topological polar surface area (TPSA) is 89.8 Å². The van der Waals surface area contributed by atoms with Crippen molar-refractivity contribution in [2.75, 3.05) is 5.32 Å². The Kier molecular flexibility index (Phi) is 6.32. The fraction of sp³-hybridized carbons (Fsp3) is 0.375. The Morgan fingerprint density at radius 1 is 1.15 bits per heavy atom. The number of nitrogens with one attached hydrogen (secondary N) is 1. The molecule has 1 aliphatic rings. The fourth-order valence-corrected chi connectivity index (χ4v) is 6.31. The van der Waals surface area contributed by atoms with Gasteiger partial charge in [0.2, 0.25) is 11.0 Å². The number of nitrogens with zero attached hydrogens (tertiary/aromatic N) is 4. The van der Waals surface area contributed by atoms with Crippen molar-refractivity contribution in [1.82, 2.24) is 19.7 Å². The molecule has 3 aromatic heterocycles. The van der Waals surface area contributed by atoms with Crippen molar-refractivity contribution in [2.45, 2.75) is 57.4 Å². The van der Waals surface area contributed by atoms with Gasteiger partial charge in [-0.05, 0) is 30.9 Å². The second-order valence-corrected chi connectivity index (χ2v) is 10.4. The van der Waals surface area contributed by atoms with Crippen LogP contribution in [0.2, 0.25) is 0 Å². The van der Waals surface area contributed by atoms with E-state index in [0.717, 1.165) is 28.3 Å². The Hall–Kier alpha value is -2.91. The van der Waals surface area contributed by atoms with Crippen LogP contribution in [0.25, 0.3) is 20.7 Å². The SMILES string of the molecule is CCC(C(=O)Nc1nnc(C2CCCCC2)s1)n1cnc2sc(-c3ccccc3)cc2c1=O. The van der Waals surface area contributed by atoms with Crippen LogP contribution in [0.1, 0.15) is 62.4 Å². The highest BCUT2D eigenvalue weighted by molar-refractivity contribution is 7.21. The molecular formula is C24H25N5O2S2. The molecule has 9 heteroatoms. The second kappa shape index (κ2) is 9.52. The third-order valence-corrected chi connectivity index (χ3v) is 8.28. The van der Waals surface area contributed by atoms with Gasteiger partial charge in [0.25, 0.3) is 5.56 Å². The first-order valence-corrected chi connectivity index (χ1v) is 13.0. The zero-order valence-electron chi connectivity index (χ0n) is 18.4. The first kappa shape index (κ1) is 21.9. The molecule has 33 heavy (non-hydrogen) atoms. The Morgan fingerprint density at radius 3 is 2.70 bits per heavy atom. The van der Waals surface area contributed by atoms with E-state index in [0.29, 0.717) is 27.7 Å². The van der Waals surface area contributed by atoms with Gasteiger partial charge in [-0.15, -0.1) is 21.5 Å². The number of thiophene rings is 1. The number of hydrogen-bond donors (Lipinski definition) is 1. The number of carbonyl (C=O) groups is 1. The standard InChI is InChI=1S/C24H25N5O2S2/c1-2-18(20(30)26-24-28-27-21(33-24)16-11-7-4-8-12-16)29-14-25-22-17(23(29)31)13-19(32-22)15-9-5-3-6-10-15/h3,5-6,9-10,13-14,16,18H,2,4,7-8,11-12H2,1H3,(H,26,28,30). The van der Waals surface area contributed by atoms with Crippen LogP contribution in [0.3, 0.4) is 0 Å². The van der Waals surface area contributed by atoms with Crippen LogP contribution < -0.4 is 10.9 Å². The number of anilines is 1. The van der Waals surface area contributed by atoms with Crippen LogP contribution in [0, 0.1) is 0 Å². The minimum absolute atomic E-state index is 0.208. The third-order valence-electron chi connectivity index (χ3n) is 6.19. The Labute approximate surface area is 199 Å². The molecule has 0 spiro atoms. The van der Waals surface area contributed by atoms with Crippen molar-refractivity contribution >= 4 is 43.9 Å². The Morgan fingerprint density at radius 2 is 1.94 bits per heavy atom. The lowest BCUT2D eigenvalue weighted by Crippen LogP contribution is -2.33. The molecule has 1 amide bonds. The maximum atomic E-state index is 13.3. The Balaban J connectivity index is 1.38. The van der Waals surface area contributed by atoms with Gasteiger partial charge in [-0.1, -0.05) is 67.9 Å². The molecule has 1 aromatic carbocycles. The molecule has 0 radical (unpaired) electrons. The highest BCUT2D eigenvalue weighted by Gasteiger charge is 2.24. The lowest BCUT2D eigenvalue weighted by atomic mass is 9.90. The molecular weight excluding hydrogens is 454 g/mol. The molecule has 1 fully saturated rings. The highest BCUT2D eigenvalue weighted by Crippen LogP contribution is 2.35. The predicted octanol–water partition coefficient (Wildman–Crippen LogP) is 5.61. The van der Waals surface area contributed by atoms with E-state index in [4.69, 9.17) is 0 Å². The molecule has 1 aliphatic carbocycles. The summed E-state index contributed by atoms with van der Waals surface area (Å²) in [5, 5.41) is 13.4. The van der Waals surface area contributed by atoms with Gasteiger partial charge in [0, 0.05) is 10.8 Å². The summed E-state index contributed by atoms with van der Waals surface area (Å²) in [6.45, 7) is 1.89. The summed E-state index contributed by atoms with van der Waals surface area (Å²) in [5.41, 5.74) is 0.835. The normalized spacial score (nSPS) is 15.5. The molecule has 0 bridgehead atoms. The lowest BCUT2D eigenvalue weighted by Gasteiger charge is -2.18. The number of aromatic nitrogens is 4. The molecule has 3 heterocycles. The Bertz CT molecular complexity index is 1320. The molecule has 0 saturated heterocycles. The van der Waals surface area contributed by atoms with E-state index in [1.165, 1.54) is 52.8 Å². The number of fused-ring (bicyclic) bond motifs is 1. The van der Waals surface area contributed by atoms with E-state index in [1.54, 1.807) is 0 Å². The fourth-order valence-electron chi connectivity index (χ4n) is 4.40. The van der Waals surface area contributed by atoms with Crippen LogP contribution >= 0.6 is 22.7 Å². The average Bonchev–Trinajstić information content (AvgIpc) is 3.50. The number of amides is 1. The van der Waals surface area contributed by atoms with Gasteiger partial charge in [0.05, 0.1) is 11.7 Å². The molecule has 4 aromatic rings. The second-order valence-electron chi connectivity index (χ2n) is 8.35. The van der Waals surface area contributed by atoms with E-state index < -0.39 is 6.04 Å².